The zero-order chi connectivity index (χ0) is 10.8. The minimum Gasteiger partial charge on any atom is -0.506 e. The van der Waals surface area contributed by atoms with Gasteiger partial charge >= 0.3 is 6.98 Å². The fraction of sp³-hybridized carbons (Fsp3) is 0. The van der Waals surface area contributed by atoms with Crippen LogP contribution < -0.4 is 0 Å². The van der Waals surface area contributed by atoms with Crippen LogP contribution in [0.5, 0.6) is 5.75 Å². The van der Waals surface area contributed by atoms with Crippen LogP contribution in [0.2, 0.25) is 5.02 Å². The van der Waals surface area contributed by atoms with E-state index in [9.17, 15) is 18.1 Å². The molecule has 0 aromatic heterocycles. The van der Waals surface area contributed by atoms with E-state index in [0.29, 0.717) is 0 Å². The lowest BCUT2D eigenvalue weighted by Crippen LogP contribution is -2.09. The molecule has 0 radical (unpaired) electrons. The third kappa shape index (κ3) is 2.99. The third-order valence-electron chi connectivity index (χ3n) is 1.51. The molecule has 0 spiro atoms. The fourth-order valence-electron chi connectivity index (χ4n) is 0.879. The molecule has 0 aliphatic rings. The highest BCUT2D eigenvalue weighted by atomic mass is 35.5. The van der Waals surface area contributed by atoms with E-state index >= 15 is 0 Å². The first-order chi connectivity index (χ1) is 6.40. The Kier molecular flexibility index (Phi) is 3.11. The third-order valence-corrected chi connectivity index (χ3v) is 1.82. The number of phenolic OH excluding ortho intramolecular Hbond substituents is 1. The van der Waals surface area contributed by atoms with Crippen LogP contribution in [0.1, 0.15) is 5.56 Å². The normalized spacial score (nSPS) is 12.3. The molecule has 0 unspecified atom stereocenters. The van der Waals surface area contributed by atoms with Gasteiger partial charge in [-0.25, -0.2) is 0 Å². The van der Waals surface area contributed by atoms with Crippen molar-refractivity contribution in [2.75, 3.05) is 0 Å². The Bertz CT molecular complexity index is 362. The number of para-hydroxylation sites is 1. The van der Waals surface area contributed by atoms with E-state index in [1.54, 1.807) is 0 Å². The van der Waals surface area contributed by atoms with Crippen LogP contribution in [0.15, 0.2) is 24.2 Å². The van der Waals surface area contributed by atoms with Crippen LogP contribution in [0.25, 0.3) is 6.08 Å². The molecule has 0 atom stereocenters. The maximum Gasteiger partial charge on any atom is 0.502 e. The number of phenols is 1. The molecule has 14 heavy (non-hydrogen) atoms. The van der Waals surface area contributed by atoms with Crippen molar-refractivity contribution in [2.24, 2.45) is 0 Å². The van der Waals surface area contributed by atoms with Gasteiger partial charge in [0, 0.05) is 5.56 Å². The molecule has 1 nitrogen and oxygen atoms in total. The minimum atomic E-state index is -4.99. The number of rotatable bonds is 2. The predicted octanol–water partition coefficient (Wildman–Crippen LogP) is 3.45. The fourth-order valence-corrected chi connectivity index (χ4v) is 1.06. The van der Waals surface area contributed by atoms with E-state index in [4.69, 9.17) is 11.6 Å². The van der Waals surface area contributed by atoms with Crippen molar-refractivity contribution in [3.05, 3.63) is 34.8 Å². The number of benzene rings is 1. The summed E-state index contributed by atoms with van der Waals surface area (Å²) in [5.41, 5.74) is 0.0525. The van der Waals surface area contributed by atoms with Gasteiger partial charge in [-0.05, 0) is 6.07 Å². The Morgan fingerprint density at radius 1 is 1.29 bits per heavy atom. The van der Waals surface area contributed by atoms with E-state index in [0.717, 1.165) is 6.08 Å². The molecule has 0 bridgehead atoms. The average Bonchev–Trinajstić information content (AvgIpc) is 2.06. The summed E-state index contributed by atoms with van der Waals surface area (Å²) in [6.07, 6.45) is 0.793. The van der Waals surface area contributed by atoms with Crippen molar-refractivity contribution in [1.82, 2.24) is 0 Å². The first kappa shape index (κ1) is 11.0. The molecule has 1 rings (SSSR count). The van der Waals surface area contributed by atoms with E-state index in [1.807, 2.05) is 0 Å². The Morgan fingerprint density at radius 3 is 2.50 bits per heavy atom. The molecule has 0 saturated carbocycles. The van der Waals surface area contributed by atoms with Gasteiger partial charge in [0.05, 0.1) is 5.02 Å². The van der Waals surface area contributed by atoms with Crippen molar-refractivity contribution in [3.8, 4) is 5.75 Å². The van der Waals surface area contributed by atoms with Crippen molar-refractivity contribution < 1.29 is 18.1 Å². The molecular weight excluding hydrogens is 215 g/mol. The average molecular weight is 221 g/mol. The minimum absolute atomic E-state index is 0.0295. The summed E-state index contributed by atoms with van der Waals surface area (Å²) in [6.45, 7) is -4.99. The van der Waals surface area contributed by atoms with Gasteiger partial charge in [0.25, 0.3) is 0 Å². The second kappa shape index (κ2) is 3.96. The lowest BCUT2D eigenvalue weighted by molar-refractivity contribution is 0.474. The van der Waals surface area contributed by atoms with Gasteiger partial charge in [-0.2, -0.15) is 0 Å². The van der Waals surface area contributed by atoms with Crippen molar-refractivity contribution in [1.29, 1.82) is 0 Å². The summed E-state index contributed by atoms with van der Waals surface area (Å²) in [5, 5.41) is 9.28. The summed E-state index contributed by atoms with van der Waals surface area (Å²) in [4.78, 5) is 0. The number of aromatic hydroxyl groups is 1. The van der Waals surface area contributed by atoms with Gasteiger partial charge in [-0.1, -0.05) is 29.8 Å². The molecule has 1 aromatic rings. The zero-order valence-electron chi connectivity index (χ0n) is 6.92. The van der Waals surface area contributed by atoms with E-state index in [1.165, 1.54) is 18.2 Å². The topological polar surface area (TPSA) is 20.2 Å². The summed E-state index contributed by atoms with van der Waals surface area (Å²) < 4.78 is 35.5. The second-order valence-corrected chi connectivity index (χ2v) is 3.07. The smallest absolute Gasteiger partial charge is 0.502 e. The van der Waals surface area contributed by atoms with Crippen molar-refractivity contribution in [2.45, 2.75) is 0 Å². The molecule has 0 aliphatic carbocycles. The van der Waals surface area contributed by atoms with Crippen LogP contribution in [-0.2, 0) is 0 Å². The van der Waals surface area contributed by atoms with Crippen LogP contribution >= 0.6 is 11.6 Å². The van der Waals surface area contributed by atoms with Gasteiger partial charge in [-0.3, -0.25) is 0 Å². The van der Waals surface area contributed by atoms with Gasteiger partial charge in [-0.15, -0.1) is 5.98 Å². The number of halogens is 4. The summed E-state index contributed by atoms with van der Waals surface area (Å²) in [6, 6.07) is 4.21. The van der Waals surface area contributed by atoms with Crippen LogP contribution in [0, 0.1) is 0 Å². The molecule has 0 saturated heterocycles. The molecule has 1 aromatic carbocycles. The monoisotopic (exact) mass is 221 g/mol. The molecular formula is C8H6BClF3O-. The zero-order valence-corrected chi connectivity index (χ0v) is 7.68. The van der Waals surface area contributed by atoms with Gasteiger partial charge in [0.15, 0.2) is 0 Å². The maximum absolute atomic E-state index is 11.8. The number of hydrogen-bond donors (Lipinski definition) is 1. The summed E-state index contributed by atoms with van der Waals surface area (Å²) in [5.74, 6) is -0.240. The number of hydrogen-bond acceptors (Lipinski definition) is 1. The molecule has 0 heterocycles. The standard InChI is InChI=1S/C8H6BClF3O/c10-7-3-1-2-6(8(7)14)4-5-9(11,12)13/h1-5,14H/q-1/b5-4+. The molecule has 0 amide bonds. The summed E-state index contributed by atoms with van der Waals surface area (Å²) >= 11 is 5.50. The Labute approximate surface area is 83.9 Å². The molecule has 1 N–H and O–H groups in total. The van der Waals surface area contributed by atoms with Crippen molar-refractivity contribution in [3.63, 3.8) is 0 Å². The van der Waals surface area contributed by atoms with Crippen LogP contribution in [0.4, 0.5) is 12.9 Å². The second-order valence-electron chi connectivity index (χ2n) is 2.66. The maximum atomic E-state index is 11.8. The Morgan fingerprint density at radius 2 is 1.93 bits per heavy atom. The van der Waals surface area contributed by atoms with E-state index < -0.39 is 6.98 Å². The van der Waals surface area contributed by atoms with Gasteiger partial charge < -0.3 is 18.1 Å². The van der Waals surface area contributed by atoms with Crippen molar-refractivity contribution >= 4 is 24.7 Å². The predicted molar refractivity (Wildman–Crippen MR) is 51.2 cm³/mol. The highest BCUT2D eigenvalue weighted by Gasteiger charge is 2.17. The van der Waals surface area contributed by atoms with E-state index in [2.05, 4.69) is 0 Å². The lowest BCUT2D eigenvalue weighted by Gasteiger charge is -2.07. The van der Waals surface area contributed by atoms with E-state index in [-0.39, 0.29) is 22.3 Å². The first-order valence-electron chi connectivity index (χ1n) is 3.77. The Hall–Kier alpha value is -1.10. The highest BCUT2D eigenvalue weighted by Crippen LogP contribution is 2.28. The van der Waals surface area contributed by atoms with Gasteiger partial charge in [0.1, 0.15) is 5.75 Å². The SMILES string of the molecule is Oc1c(Cl)cccc1/C=C/[B-](F)(F)F. The molecule has 0 aliphatic heterocycles. The molecule has 6 heteroatoms. The Balaban J connectivity index is 2.98. The molecule has 76 valence electrons. The highest BCUT2D eigenvalue weighted by molar-refractivity contribution is 6.64. The van der Waals surface area contributed by atoms with Crippen LogP contribution in [0.3, 0.4) is 0 Å². The quantitative estimate of drug-likeness (QED) is 0.758. The lowest BCUT2D eigenvalue weighted by atomic mass is 9.90. The first-order valence-corrected chi connectivity index (χ1v) is 4.14. The van der Waals surface area contributed by atoms with Crippen LogP contribution in [-0.4, -0.2) is 12.1 Å². The largest absolute Gasteiger partial charge is 0.506 e. The van der Waals surface area contributed by atoms with Gasteiger partial charge in [0.2, 0.25) is 0 Å². The summed E-state index contributed by atoms with van der Waals surface area (Å²) in [7, 11) is 0. The molecule has 0 fully saturated rings.